The van der Waals surface area contributed by atoms with E-state index in [1.807, 2.05) is 6.92 Å². The first kappa shape index (κ1) is 14.3. The SMILES string of the molecule is CCCOc1nc(N)nc(Nc2c(F)cccc2Cl)n1. The molecule has 8 heteroatoms. The molecule has 0 unspecified atom stereocenters. The van der Waals surface area contributed by atoms with Gasteiger partial charge in [-0.05, 0) is 18.6 Å². The van der Waals surface area contributed by atoms with Gasteiger partial charge in [-0.25, -0.2) is 4.39 Å². The zero-order chi connectivity index (χ0) is 14.5. The summed E-state index contributed by atoms with van der Waals surface area (Å²) in [6, 6.07) is 4.40. The molecule has 1 heterocycles. The summed E-state index contributed by atoms with van der Waals surface area (Å²) in [6.07, 6.45) is 0.799. The lowest BCUT2D eigenvalue weighted by Crippen LogP contribution is -2.08. The number of nitrogens with two attached hydrogens (primary N) is 1. The highest BCUT2D eigenvalue weighted by molar-refractivity contribution is 6.33. The van der Waals surface area contributed by atoms with Gasteiger partial charge < -0.3 is 15.8 Å². The molecule has 0 aliphatic heterocycles. The second-order valence-corrected chi connectivity index (χ2v) is 4.28. The third-order valence-corrected chi connectivity index (χ3v) is 2.58. The number of benzene rings is 1. The normalized spacial score (nSPS) is 10.3. The first-order valence-electron chi connectivity index (χ1n) is 5.95. The van der Waals surface area contributed by atoms with E-state index in [0.717, 1.165) is 6.42 Å². The Hall–Kier alpha value is -2.15. The fraction of sp³-hybridized carbons (Fsp3) is 0.250. The van der Waals surface area contributed by atoms with E-state index in [-0.39, 0.29) is 28.6 Å². The second-order valence-electron chi connectivity index (χ2n) is 3.87. The molecule has 0 saturated carbocycles. The minimum Gasteiger partial charge on any atom is -0.463 e. The van der Waals surface area contributed by atoms with Gasteiger partial charge in [0.15, 0.2) is 0 Å². The van der Waals surface area contributed by atoms with Crippen LogP contribution in [0.5, 0.6) is 6.01 Å². The summed E-state index contributed by atoms with van der Waals surface area (Å²) in [5.74, 6) is -0.482. The molecule has 0 saturated heterocycles. The van der Waals surface area contributed by atoms with Crippen molar-refractivity contribution in [3.05, 3.63) is 29.0 Å². The number of para-hydroxylation sites is 1. The summed E-state index contributed by atoms with van der Waals surface area (Å²) in [5.41, 5.74) is 5.62. The van der Waals surface area contributed by atoms with Crippen LogP contribution in [-0.4, -0.2) is 21.6 Å². The van der Waals surface area contributed by atoms with E-state index in [1.54, 1.807) is 6.07 Å². The van der Waals surface area contributed by atoms with Crippen molar-refractivity contribution in [3.63, 3.8) is 0 Å². The van der Waals surface area contributed by atoms with E-state index < -0.39 is 5.82 Å². The summed E-state index contributed by atoms with van der Waals surface area (Å²) < 4.78 is 18.9. The van der Waals surface area contributed by atoms with Crippen LogP contribution in [0.25, 0.3) is 0 Å². The van der Waals surface area contributed by atoms with Gasteiger partial charge in [-0.3, -0.25) is 0 Å². The molecule has 0 spiro atoms. The van der Waals surface area contributed by atoms with Crippen molar-refractivity contribution in [2.75, 3.05) is 17.7 Å². The number of nitrogens with zero attached hydrogens (tertiary/aromatic N) is 3. The number of halogens is 2. The number of ether oxygens (including phenoxy) is 1. The zero-order valence-corrected chi connectivity index (χ0v) is 11.5. The Bertz CT molecular complexity index is 590. The molecule has 0 amide bonds. The van der Waals surface area contributed by atoms with Gasteiger partial charge in [0.1, 0.15) is 5.82 Å². The van der Waals surface area contributed by atoms with Crippen LogP contribution in [0.2, 0.25) is 5.02 Å². The number of hydrogen-bond donors (Lipinski definition) is 2. The molecule has 0 bridgehead atoms. The van der Waals surface area contributed by atoms with Crippen LogP contribution >= 0.6 is 11.6 Å². The lowest BCUT2D eigenvalue weighted by atomic mass is 10.3. The molecule has 0 radical (unpaired) electrons. The molecule has 0 aliphatic rings. The highest BCUT2D eigenvalue weighted by Crippen LogP contribution is 2.27. The van der Waals surface area contributed by atoms with Crippen molar-refractivity contribution in [2.24, 2.45) is 0 Å². The number of hydrogen-bond acceptors (Lipinski definition) is 6. The van der Waals surface area contributed by atoms with Gasteiger partial charge in [-0.1, -0.05) is 24.6 Å². The average Bonchev–Trinajstić information content (AvgIpc) is 2.40. The van der Waals surface area contributed by atoms with E-state index in [4.69, 9.17) is 22.1 Å². The van der Waals surface area contributed by atoms with Gasteiger partial charge in [0.25, 0.3) is 0 Å². The summed E-state index contributed by atoms with van der Waals surface area (Å²) in [6.45, 7) is 2.40. The molecule has 2 rings (SSSR count). The van der Waals surface area contributed by atoms with Crippen LogP contribution < -0.4 is 15.8 Å². The standard InChI is InChI=1S/C12H13ClFN5O/c1-2-6-20-12-18-10(15)17-11(19-12)16-9-7(13)4-3-5-8(9)14/h3-5H,2,6H2,1H3,(H3,15,16,17,18,19). The molecule has 0 aliphatic carbocycles. The van der Waals surface area contributed by atoms with E-state index in [2.05, 4.69) is 20.3 Å². The molecule has 20 heavy (non-hydrogen) atoms. The molecule has 106 valence electrons. The summed E-state index contributed by atoms with van der Waals surface area (Å²) in [7, 11) is 0. The Labute approximate surface area is 120 Å². The maximum Gasteiger partial charge on any atom is 0.323 e. The van der Waals surface area contributed by atoms with Gasteiger partial charge >= 0.3 is 6.01 Å². The number of rotatable bonds is 5. The van der Waals surface area contributed by atoms with Gasteiger partial charge in [0, 0.05) is 0 Å². The highest BCUT2D eigenvalue weighted by Gasteiger charge is 2.11. The molecule has 2 aromatic rings. The summed E-state index contributed by atoms with van der Waals surface area (Å²) in [5, 5.41) is 2.88. The van der Waals surface area contributed by atoms with Gasteiger partial charge in [-0.15, -0.1) is 0 Å². The van der Waals surface area contributed by atoms with E-state index in [1.165, 1.54) is 12.1 Å². The van der Waals surface area contributed by atoms with Crippen LogP contribution in [-0.2, 0) is 0 Å². The zero-order valence-electron chi connectivity index (χ0n) is 10.7. The van der Waals surface area contributed by atoms with Crippen molar-refractivity contribution in [2.45, 2.75) is 13.3 Å². The van der Waals surface area contributed by atoms with Crippen molar-refractivity contribution in [1.29, 1.82) is 0 Å². The minimum atomic E-state index is -0.521. The molecule has 0 fully saturated rings. The molecular formula is C12H13ClFN5O. The van der Waals surface area contributed by atoms with Crippen molar-refractivity contribution >= 4 is 29.2 Å². The van der Waals surface area contributed by atoms with Crippen LogP contribution in [0.1, 0.15) is 13.3 Å². The lowest BCUT2D eigenvalue weighted by Gasteiger charge is -2.09. The smallest absolute Gasteiger partial charge is 0.323 e. The first-order valence-corrected chi connectivity index (χ1v) is 6.33. The van der Waals surface area contributed by atoms with Crippen LogP contribution in [0, 0.1) is 5.82 Å². The third-order valence-electron chi connectivity index (χ3n) is 2.27. The fourth-order valence-corrected chi connectivity index (χ4v) is 1.63. The maximum absolute atomic E-state index is 13.7. The third kappa shape index (κ3) is 3.45. The second kappa shape index (κ2) is 6.33. The van der Waals surface area contributed by atoms with Crippen LogP contribution in [0.3, 0.4) is 0 Å². The number of nitrogen functional groups attached to an aromatic ring is 1. The topological polar surface area (TPSA) is 86.0 Å². The van der Waals surface area contributed by atoms with Crippen LogP contribution in [0.4, 0.5) is 22.0 Å². The van der Waals surface area contributed by atoms with E-state index >= 15 is 0 Å². The molecule has 6 nitrogen and oxygen atoms in total. The average molecular weight is 298 g/mol. The monoisotopic (exact) mass is 297 g/mol. The summed E-state index contributed by atoms with van der Waals surface area (Å²) >= 11 is 5.91. The Kier molecular flexibility index (Phi) is 4.52. The maximum atomic E-state index is 13.7. The molecule has 1 aromatic carbocycles. The predicted octanol–water partition coefficient (Wildman–Crippen LogP) is 2.78. The Morgan fingerprint density at radius 1 is 1.35 bits per heavy atom. The van der Waals surface area contributed by atoms with Gasteiger partial charge in [-0.2, -0.15) is 15.0 Å². The van der Waals surface area contributed by atoms with E-state index in [0.29, 0.717) is 6.61 Å². The van der Waals surface area contributed by atoms with E-state index in [9.17, 15) is 4.39 Å². The Morgan fingerprint density at radius 3 is 2.85 bits per heavy atom. The quantitative estimate of drug-likeness (QED) is 0.882. The Morgan fingerprint density at radius 2 is 2.15 bits per heavy atom. The highest BCUT2D eigenvalue weighted by atomic mass is 35.5. The van der Waals surface area contributed by atoms with Crippen molar-refractivity contribution in [3.8, 4) is 6.01 Å². The molecule has 1 aromatic heterocycles. The Balaban J connectivity index is 2.27. The summed E-state index contributed by atoms with van der Waals surface area (Å²) in [4.78, 5) is 11.7. The van der Waals surface area contributed by atoms with Crippen molar-refractivity contribution < 1.29 is 9.13 Å². The number of aromatic nitrogens is 3. The molecule has 3 N–H and O–H groups in total. The largest absolute Gasteiger partial charge is 0.463 e. The van der Waals surface area contributed by atoms with Crippen LogP contribution in [0.15, 0.2) is 18.2 Å². The number of anilines is 3. The fourth-order valence-electron chi connectivity index (χ4n) is 1.41. The minimum absolute atomic E-state index is 0.0268. The number of nitrogens with one attached hydrogen (secondary N) is 1. The van der Waals surface area contributed by atoms with Gasteiger partial charge in [0.05, 0.1) is 17.3 Å². The lowest BCUT2D eigenvalue weighted by molar-refractivity contribution is 0.292. The molecule has 0 atom stereocenters. The van der Waals surface area contributed by atoms with Gasteiger partial charge in [0.2, 0.25) is 11.9 Å². The van der Waals surface area contributed by atoms with Crippen molar-refractivity contribution in [1.82, 2.24) is 15.0 Å². The first-order chi connectivity index (χ1) is 9.60. The predicted molar refractivity (Wildman–Crippen MR) is 74.7 cm³/mol. The molecular weight excluding hydrogens is 285 g/mol.